The number of carbonyl (C=O) groups excluding carboxylic acids is 2. The van der Waals surface area contributed by atoms with Gasteiger partial charge in [-0.05, 0) is 0 Å². The molecule has 1 amide bonds. The van der Waals surface area contributed by atoms with E-state index in [0.717, 1.165) is 31.1 Å². The topological polar surface area (TPSA) is 61.9 Å². The van der Waals surface area contributed by atoms with Crippen LogP contribution in [0.4, 0.5) is 0 Å². The van der Waals surface area contributed by atoms with E-state index in [9.17, 15) is 9.59 Å². The number of methoxy groups -OCH3 is 1. The molecule has 1 unspecified atom stereocenters. The molecule has 0 aliphatic carbocycles. The predicted octanol–water partition coefficient (Wildman–Crippen LogP) is -0.601. The van der Waals surface area contributed by atoms with Crippen LogP contribution in [-0.2, 0) is 14.3 Å². The zero-order valence-corrected chi connectivity index (χ0v) is 12.8. The maximum atomic E-state index is 12.2. The van der Waals surface area contributed by atoms with Gasteiger partial charge in [0.05, 0.1) is 13.7 Å². The van der Waals surface area contributed by atoms with Gasteiger partial charge in [0.25, 0.3) is 0 Å². The fraction of sp³-hybridized carbons (Fsp3) is 0.846. The number of carbonyl (C=O) groups is 2. The van der Waals surface area contributed by atoms with E-state index in [1.54, 1.807) is 0 Å². The lowest BCUT2D eigenvalue weighted by Gasteiger charge is -2.35. The molecule has 2 rings (SSSR count). The number of thioether (sulfide) groups is 1. The van der Waals surface area contributed by atoms with Crippen LogP contribution in [0.5, 0.6) is 0 Å². The number of amides is 1. The Morgan fingerprint density at radius 3 is 2.65 bits per heavy atom. The van der Waals surface area contributed by atoms with Crippen molar-refractivity contribution >= 4 is 23.6 Å². The van der Waals surface area contributed by atoms with Crippen LogP contribution >= 0.6 is 11.8 Å². The summed E-state index contributed by atoms with van der Waals surface area (Å²) in [6, 6.07) is 0.314. The number of rotatable bonds is 4. The third-order valence-corrected chi connectivity index (χ3v) is 4.86. The number of ether oxygens (including phenoxy) is 1. The van der Waals surface area contributed by atoms with Gasteiger partial charge in [0.15, 0.2) is 0 Å². The Morgan fingerprint density at radius 1 is 1.30 bits per heavy atom. The monoisotopic (exact) mass is 301 g/mol. The lowest BCUT2D eigenvalue weighted by molar-refractivity contribution is -0.142. The maximum Gasteiger partial charge on any atom is 0.319 e. The average molecular weight is 301 g/mol. The Bertz CT molecular complexity index is 340. The molecule has 2 aliphatic heterocycles. The minimum Gasteiger partial charge on any atom is -0.468 e. The molecule has 1 atom stereocenters. The number of hydrogen-bond donors (Lipinski definition) is 1. The van der Waals surface area contributed by atoms with Gasteiger partial charge in [0, 0.05) is 56.7 Å². The second-order valence-electron chi connectivity index (χ2n) is 5.16. The first-order chi connectivity index (χ1) is 9.69. The largest absolute Gasteiger partial charge is 0.468 e. The highest BCUT2D eigenvalue weighted by Crippen LogP contribution is 2.12. The van der Waals surface area contributed by atoms with Gasteiger partial charge in [0.2, 0.25) is 5.91 Å². The van der Waals surface area contributed by atoms with E-state index in [1.807, 2.05) is 21.6 Å². The summed E-state index contributed by atoms with van der Waals surface area (Å²) in [5.41, 5.74) is 0. The summed E-state index contributed by atoms with van der Waals surface area (Å²) in [4.78, 5) is 27.4. The Labute approximate surface area is 124 Å². The summed E-state index contributed by atoms with van der Waals surface area (Å²) in [5, 5.41) is 3.39. The van der Waals surface area contributed by atoms with E-state index in [0.29, 0.717) is 32.1 Å². The summed E-state index contributed by atoms with van der Waals surface area (Å²) >= 11 is 1.91. The minimum absolute atomic E-state index is 0.215. The van der Waals surface area contributed by atoms with Crippen molar-refractivity contribution in [1.29, 1.82) is 0 Å². The van der Waals surface area contributed by atoms with Gasteiger partial charge in [0.1, 0.15) is 0 Å². The molecule has 20 heavy (non-hydrogen) atoms. The summed E-state index contributed by atoms with van der Waals surface area (Å²) in [7, 11) is 1.40. The predicted molar refractivity (Wildman–Crippen MR) is 78.8 cm³/mol. The first-order valence-corrected chi connectivity index (χ1v) is 8.22. The van der Waals surface area contributed by atoms with E-state index < -0.39 is 0 Å². The minimum atomic E-state index is -0.215. The summed E-state index contributed by atoms with van der Waals surface area (Å²) < 4.78 is 4.66. The van der Waals surface area contributed by atoms with Gasteiger partial charge < -0.3 is 15.0 Å². The molecule has 0 saturated carbocycles. The number of piperazine rings is 1. The zero-order chi connectivity index (χ0) is 14.4. The quantitative estimate of drug-likeness (QED) is 0.700. The third kappa shape index (κ3) is 4.64. The van der Waals surface area contributed by atoms with Gasteiger partial charge in [-0.15, -0.1) is 0 Å². The summed E-state index contributed by atoms with van der Waals surface area (Å²) in [5.74, 6) is 2.17. The van der Waals surface area contributed by atoms with Crippen LogP contribution in [0.15, 0.2) is 0 Å². The molecule has 2 fully saturated rings. The van der Waals surface area contributed by atoms with Crippen LogP contribution in [-0.4, -0.2) is 85.6 Å². The third-order valence-electron chi connectivity index (χ3n) is 3.72. The van der Waals surface area contributed by atoms with Gasteiger partial charge in [-0.1, -0.05) is 0 Å². The molecule has 1 N–H and O–H groups in total. The second kappa shape index (κ2) is 7.85. The highest BCUT2D eigenvalue weighted by Gasteiger charge is 2.25. The molecule has 114 valence electrons. The maximum absolute atomic E-state index is 12.2. The molecule has 0 spiro atoms. The average Bonchev–Trinajstić information content (AvgIpc) is 2.49. The van der Waals surface area contributed by atoms with Crippen molar-refractivity contribution < 1.29 is 14.3 Å². The molecule has 6 nitrogen and oxygen atoms in total. The first kappa shape index (κ1) is 15.6. The van der Waals surface area contributed by atoms with Crippen molar-refractivity contribution in [3.05, 3.63) is 0 Å². The zero-order valence-electron chi connectivity index (χ0n) is 12.0. The molecule has 7 heteroatoms. The SMILES string of the molecule is COC(=O)CN1CCN(C(=O)CC2CSCCN2)CC1. The van der Waals surface area contributed by atoms with Crippen molar-refractivity contribution in [3.8, 4) is 0 Å². The summed E-state index contributed by atoms with van der Waals surface area (Å²) in [6.07, 6.45) is 0.587. The lowest BCUT2D eigenvalue weighted by atomic mass is 10.2. The molecular formula is C13H23N3O3S. The van der Waals surface area contributed by atoms with Crippen LogP contribution in [0.25, 0.3) is 0 Å². The molecule has 0 aromatic rings. The van der Waals surface area contributed by atoms with E-state index in [4.69, 9.17) is 0 Å². The van der Waals surface area contributed by atoms with Crippen LogP contribution < -0.4 is 5.32 Å². The highest BCUT2D eigenvalue weighted by atomic mass is 32.2. The first-order valence-electron chi connectivity index (χ1n) is 7.07. The molecule has 2 heterocycles. The van der Waals surface area contributed by atoms with Crippen LogP contribution in [0.3, 0.4) is 0 Å². The van der Waals surface area contributed by atoms with Crippen molar-refractivity contribution in [2.75, 3.05) is 57.9 Å². The lowest BCUT2D eigenvalue weighted by Crippen LogP contribution is -2.51. The smallest absolute Gasteiger partial charge is 0.319 e. The van der Waals surface area contributed by atoms with Gasteiger partial charge >= 0.3 is 5.97 Å². The summed E-state index contributed by atoms with van der Waals surface area (Å²) in [6.45, 7) is 4.21. The Kier molecular flexibility index (Phi) is 6.12. The molecule has 0 aromatic carbocycles. The molecule has 0 radical (unpaired) electrons. The van der Waals surface area contributed by atoms with E-state index in [1.165, 1.54) is 7.11 Å². The fourth-order valence-corrected chi connectivity index (χ4v) is 3.44. The normalized spacial score (nSPS) is 24.4. The number of esters is 1. The Balaban J connectivity index is 1.69. The van der Waals surface area contributed by atoms with Gasteiger partial charge in [-0.2, -0.15) is 11.8 Å². The standard InChI is InChI=1S/C13H23N3O3S/c1-19-13(18)9-15-3-5-16(6-4-15)12(17)8-11-10-20-7-2-14-11/h11,14H,2-10H2,1H3. The Morgan fingerprint density at radius 2 is 2.05 bits per heavy atom. The van der Waals surface area contributed by atoms with Crippen molar-refractivity contribution in [1.82, 2.24) is 15.1 Å². The highest BCUT2D eigenvalue weighted by molar-refractivity contribution is 7.99. The molecule has 0 aromatic heterocycles. The Hall–Kier alpha value is -0.790. The fourth-order valence-electron chi connectivity index (χ4n) is 2.49. The van der Waals surface area contributed by atoms with E-state index >= 15 is 0 Å². The molecule has 0 bridgehead atoms. The van der Waals surface area contributed by atoms with Gasteiger partial charge in [-0.3, -0.25) is 14.5 Å². The van der Waals surface area contributed by atoms with E-state index in [-0.39, 0.29) is 11.9 Å². The van der Waals surface area contributed by atoms with Crippen LogP contribution in [0, 0.1) is 0 Å². The molecular weight excluding hydrogens is 278 g/mol. The second-order valence-corrected chi connectivity index (χ2v) is 6.31. The van der Waals surface area contributed by atoms with Crippen LogP contribution in [0.1, 0.15) is 6.42 Å². The number of nitrogens with zero attached hydrogens (tertiary/aromatic N) is 2. The van der Waals surface area contributed by atoms with E-state index in [2.05, 4.69) is 10.1 Å². The van der Waals surface area contributed by atoms with Gasteiger partial charge in [-0.25, -0.2) is 0 Å². The van der Waals surface area contributed by atoms with Crippen molar-refractivity contribution in [2.24, 2.45) is 0 Å². The van der Waals surface area contributed by atoms with Crippen LogP contribution in [0.2, 0.25) is 0 Å². The molecule has 2 saturated heterocycles. The number of nitrogens with one attached hydrogen (secondary N) is 1. The number of hydrogen-bond acceptors (Lipinski definition) is 6. The van der Waals surface area contributed by atoms with Crippen molar-refractivity contribution in [2.45, 2.75) is 12.5 Å². The molecule has 2 aliphatic rings. The van der Waals surface area contributed by atoms with Crippen molar-refractivity contribution in [3.63, 3.8) is 0 Å².